The molecule has 0 amide bonds. The van der Waals surface area contributed by atoms with Gasteiger partial charge in [0.2, 0.25) is 11.6 Å². The van der Waals surface area contributed by atoms with E-state index in [-0.39, 0.29) is 4.90 Å². The number of ether oxygens (including phenoxy) is 1. The lowest BCUT2D eigenvalue weighted by Gasteiger charge is -2.57. The van der Waals surface area contributed by atoms with Crippen molar-refractivity contribution in [1.82, 2.24) is 4.83 Å². The Morgan fingerprint density at radius 2 is 1.55 bits per heavy atom. The van der Waals surface area contributed by atoms with Crippen LogP contribution in [0.5, 0.6) is 0 Å². The summed E-state index contributed by atoms with van der Waals surface area (Å²) in [5.41, 5.74) is 1.83. The van der Waals surface area contributed by atoms with Crippen molar-refractivity contribution in [2.24, 2.45) is 28.8 Å². The highest BCUT2D eigenvalue weighted by atomic mass is 32.2. The Hall–Kier alpha value is -1.48. The number of hydrogen-bond donors (Lipinski definition) is 1. The Morgan fingerprint density at radius 3 is 2.16 bits per heavy atom. The van der Waals surface area contributed by atoms with Gasteiger partial charge in [-0.25, -0.2) is 4.83 Å². The summed E-state index contributed by atoms with van der Waals surface area (Å²) < 4.78 is 31.7. The summed E-state index contributed by atoms with van der Waals surface area (Å²) in [4.78, 5) is 14.6. The van der Waals surface area contributed by atoms with E-state index >= 15 is 0 Å². The summed E-state index contributed by atoms with van der Waals surface area (Å²) in [5.74, 6) is 1.28. The molecular weight excluding hydrogens is 416 g/mol. The van der Waals surface area contributed by atoms with Crippen LogP contribution in [0.15, 0.2) is 34.3 Å². The second-order valence-corrected chi connectivity index (χ2v) is 12.0. The monoisotopic (exact) mass is 446 g/mol. The van der Waals surface area contributed by atoms with E-state index in [1.165, 1.54) is 32.1 Å². The summed E-state index contributed by atoms with van der Waals surface area (Å²) in [5, 5.41) is 4.21. The quantitative estimate of drug-likeness (QED) is 0.560. The van der Waals surface area contributed by atoms with Crippen LogP contribution in [-0.2, 0) is 24.5 Å². The van der Waals surface area contributed by atoms with E-state index in [1.54, 1.807) is 24.3 Å². The van der Waals surface area contributed by atoms with E-state index in [0.29, 0.717) is 37.5 Å². The Morgan fingerprint density at radius 1 is 0.935 bits per heavy atom. The van der Waals surface area contributed by atoms with Crippen molar-refractivity contribution in [3.8, 4) is 0 Å². The molecule has 5 aliphatic carbocycles. The SMILES string of the molecule is Cc1ccc(S(=O)(=O)NN=C2CCC3(CC2)OOC2(O3)C3CC4CC(C3)CC2C4)cc1. The summed E-state index contributed by atoms with van der Waals surface area (Å²) in [6.07, 6.45) is 8.66. The standard InChI is InChI=1S/C23H30N2O5S/c1-15-2-4-21(5-3-15)31(26,27)25-24-20-6-8-22(9-7-20)28-23(30-29-22)18-11-16-10-17(13-18)14-19(23)12-16/h2-5,16-19,25H,6-14H2,1H3. The van der Waals surface area contributed by atoms with Crippen LogP contribution in [0.25, 0.3) is 0 Å². The highest BCUT2D eigenvalue weighted by molar-refractivity contribution is 7.89. The third-order valence-corrected chi connectivity index (χ3v) is 9.41. The zero-order valence-corrected chi connectivity index (χ0v) is 18.7. The number of nitrogens with zero attached hydrogens (tertiary/aromatic N) is 1. The lowest BCUT2D eigenvalue weighted by Crippen LogP contribution is -2.59. The van der Waals surface area contributed by atoms with Crippen LogP contribution in [-0.4, -0.2) is 25.7 Å². The van der Waals surface area contributed by atoms with Crippen molar-refractivity contribution in [2.75, 3.05) is 0 Å². The van der Waals surface area contributed by atoms with Gasteiger partial charge in [0.1, 0.15) is 0 Å². The molecule has 6 aliphatic rings. The van der Waals surface area contributed by atoms with Gasteiger partial charge in [0.05, 0.1) is 4.90 Å². The van der Waals surface area contributed by atoms with E-state index in [9.17, 15) is 8.42 Å². The zero-order chi connectivity index (χ0) is 21.3. The van der Waals surface area contributed by atoms with E-state index in [2.05, 4.69) is 9.93 Å². The van der Waals surface area contributed by atoms with Crippen LogP contribution in [0.4, 0.5) is 0 Å². The van der Waals surface area contributed by atoms with Gasteiger partial charge >= 0.3 is 0 Å². The van der Waals surface area contributed by atoms with Crippen molar-refractivity contribution >= 4 is 15.7 Å². The molecule has 0 atom stereocenters. The molecule has 0 radical (unpaired) electrons. The van der Waals surface area contributed by atoms with Crippen LogP contribution in [0.2, 0.25) is 0 Å². The first kappa shape index (κ1) is 20.1. The Labute approximate surface area is 183 Å². The maximum absolute atomic E-state index is 12.5. The molecular formula is C23H30N2O5S. The van der Waals surface area contributed by atoms with Crippen LogP contribution < -0.4 is 4.83 Å². The molecule has 5 saturated carbocycles. The number of hydrogen-bond acceptors (Lipinski definition) is 6. The van der Waals surface area contributed by atoms with Crippen LogP contribution in [0.1, 0.15) is 63.4 Å². The van der Waals surface area contributed by atoms with Gasteiger partial charge in [-0.3, -0.25) is 0 Å². The predicted octanol–water partition coefficient (Wildman–Crippen LogP) is 4.03. The fourth-order valence-corrected chi connectivity index (χ4v) is 7.57. The van der Waals surface area contributed by atoms with Gasteiger partial charge in [-0.15, -0.1) is 0 Å². The van der Waals surface area contributed by atoms with Crippen molar-refractivity contribution in [3.05, 3.63) is 29.8 Å². The topological polar surface area (TPSA) is 86.2 Å². The van der Waals surface area contributed by atoms with E-state index in [1.807, 2.05) is 6.92 Å². The minimum atomic E-state index is -3.66. The van der Waals surface area contributed by atoms with Gasteiger partial charge in [-0.05, 0) is 75.8 Å². The second kappa shape index (κ2) is 7.01. The summed E-state index contributed by atoms with van der Waals surface area (Å²) in [7, 11) is -3.66. The van der Waals surface area contributed by atoms with Gasteiger partial charge in [0, 0.05) is 30.4 Å². The summed E-state index contributed by atoms with van der Waals surface area (Å²) >= 11 is 0. The largest absolute Gasteiger partial charge is 0.312 e. The first-order valence-corrected chi connectivity index (χ1v) is 13.1. The molecule has 0 aromatic heterocycles. The third-order valence-electron chi connectivity index (χ3n) is 8.19. The third kappa shape index (κ3) is 3.34. The number of sulfonamides is 1. The molecule has 8 heteroatoms. The fraction of sp³-hybridized carbons (Fsp3) is 0.696. The fourth-order valence-electron chi connectivity index (χ4n) is 6.72. The first-order valence-electron chi connectivity index (χ1n) is 11.6. The van der Waals surface area contributed by atoms with Crippen LogP contribution in [0, 0.1) is 30.6 Å². The Kier molecular flexibility index (Phi) is 4.55. The molecule has 6 fully saturated rings. The highest BCUT2D eigenvalue weighted by Gasteiger charge is 2.66. The molecule has 1 saturated heterocycles. The average Bonchev–Trinajstić information content (AvgIpc) is 3.12. The summed E-state index contributed by atoms with van der Waals surface area (Å²) in [6.45, 7) is 1.92. The summed E-state index contributed by atoms with van der Waals surface area (Å²) in [6, 6.07) is 6.74. The van der Waals surface area contributed by atoms with Crippen molar-refractivity contribution in [3.63, 3.8) is 0 Å². The molecule has 4 bridgehead atoms. The molecule has 168 valence electrons. The van der Waals surface area contributed by atoms with Crippen molar-refractivity contribution < 1.29 is 22.9 Å². The van der Waals surface area contributed by atoms with Gasteiger partial charge < -0.3 is 4.74 Å². The van der Waals surface area contributed by atoms with Gasteiger partial charge in [0.25, 0.3) is 10.0 Å². The van der Waals surface area contributed by atoms with Crippen LogP contribution in [0.3, 0.4) is 0 Å². The number of benzene rings is 1. The lowest BCUT2D eigenvalue weighted by atomic mass is 9.53. The maximum atomic E-state index is 12.5. The van der Waals surface area contributed by atoms with Crippen molar-refractivity contribution in [2.45, 2.75) is 81.2 Å². The second-order valence-electron chi connectivity index (χ2n) is 10.3. The zero-order valence-electron chi connectivity index (χ0n) is 17.9. The first-order chi connectivity index (χ1) is 14.9. The molecule has 0 unspecified atom stereocenters. The maximum Gasteiger partial charge on any atom is 0.276 e. The lowest BCUT2D eigenvalue weighted by molar-refractivity contribution is -0.389. The van der Waals surface area contributed by atoms with Gasteiger partial charge in [-0.2, -0.15) is 23.3 Å². The Bertz CT molecular complexity index is 965. The molecule has 1 aromatic rings. The van der Waals surface area contributed by atoms with E-state index in [0.717, 1.165) is 23.1 Å². The minimum Gasteiger partial charge on any atom is -0.312 e. The van der Waals surface area contributed by atoms with Crippen molar-refractivity contribution in [1.29, 1.82) is 0 Å². The van der Waals surface area contributed by atoms with Gasteiger partial charge in [0.15, 0.2) is 0 Å². The Balaban J connectivity index is 1.11. The molecule has 1 heterocycles. The molecule has 2 spiro atoms. The molecule has 31 heavy (non-hydrogen) atoms. The molecule has 7 rings (SSSR count). The predicted molar refractivity (Wildman–Crippen MR) is 113 cm³/mol. The molecule has 1 N–H and O–H groups in total. The number of rotatable bonds is 3. The minimum absolute atomic E-state index is 0.217. The van der Waals surface area contributed by atoms with E-state index < -0.39 is 21.6 Å². The molecule has 1 aliphatic heterocycles. The number of hydrazone groups is 1. The van der Waals surface area contributed by atoms with E-state index in [4.69, 9.17) is 14.5 Å². The normalized spacial score (nSPS) is 41.3. The molecule has 1 aromatic carbocycles. The smallest absolute Gasteiger partial charge is 0.276 e. The highest BCUT2D eigenvalue weighted by Crippen LogP contribution is 2.63. The van der Waals surface area contributed by atoms with Gasteiger partial charge in [-0.1, -0.05) is 17.7 Å². The van der Waals surface area contributed by atoms with Crippen LogP contribution >= 0.6 is 0 Å². The average molecular weight is 447 g/mol. The molecule has 7 nitrogen and oxygen atoms in total. The number of aryl methyl sites for hydroxylation is 1. The number of nitrogens with one attached hydrogen (secondary N) is 1.